The summed E-state index contributed by atoms with van der Waals surface area (Å²) in [5.41, 5.74) is 2.95. The van der Waals surface area contributed by atoms with Crippen molar-refractivity contribution in [2.24, 2.45) is 4.99 Å². The highest BCUT2D eigenvalue weighted by Crippen LogP contribution is 2.26. The van der Waals surface area contributed by atoms with Gasteiger partial charge in [-0.25, -0.2) is 0 Å². The largest absolute Gasteiger partial charge is 0.298 e. The van der Waals surface area contributed by atoms with Crippen molar-refractivity contribution in [2.45, 2.75) is 38.5 Å². The van der Waals surface area contributed by atoms with Gasteiger partial charge in [0, 0.05) is 6.54 Å². The molecule has 0 spiro atoms. The zero-order chi connectivity index (χ0) is 10.5. The van der Waals surface area contributed by atoms with Crippen molar-refractivity contribution in [1.29, 1.82) is 0 Å². The molecule has 0 fully saturated rings. The van der Waals surface area contributed by atoms with E-state index in [1.807, 2.05) is 0 Å². The predicted octanol–water partition coefficient (Wildman–Crippen LogP) is 3.59. The SMILES string of the molecule is CCc1cccc(C2CC=NCCC2)c1. The molecule has 0 aromatic heterocycles. The van der Waals surface area contributed by atoms with Gasteiger partial charge < -0.3 is 0 Å². The Bertz CT molecular complexity index is 341. The maximum absolute atomic E-state index is 4.36. The maximum atomic E-state index is 4.36. The number of hydrogen-bond donors (Lipinski definition) is 0. The Morgan fingerprint density at radius 2 is 2.33 bits per heavy atom. The monoisotopic (exact) mass is 201 g/mol. The normalized spacial score (nSPS) is 21.3. The van der Waals surface area contributed by atoms with Crippen LogP contribution in [0.5, 0.6) is 0 Å². The van der Waals surface area contributed by atoms with E-state index in [-0.39, 0.29) is 0 Å². The fraction of sp³-hybridized carbons (Fsp3) is 0.500. The average molecular weight is 201 g/mol. The molecule has 1 aromatic rings. The summed E-state index contributed by atoms with van der Waals surface area (Å²) >= 11 is 0. The zero-order valence-corrected chi connectivity index (χ0v) is 9.45. The Labute approximate surface area is 92.2 Å². The smallest absolute Gasteiger partial charge is 0.0385 e. The molecule has 1 unspecified atom stereocenters. The lowest BCUT2D eigenvalue weighted by molar-refractivity contribution is 0.634. The molecule has 0 radical (unpaired) electrons. The lowest BCUT2D eigenvalue weighted by Gasteiger charge is -2.14. The van der Waals surface area contributed by atoms with Crippen LogP contribution >= 0.6 is 0 Å². The Morgan fingerprint density at radius 1 is 1.40 bits per heavy atom. The Hall–Kier alpha value is -1.11. The Morgan fingerprint density at radius 3 is 3.20 bits per heavy atom. The third-order valence-corrected chi connectivity index (χ3v) is 3.19. The summed E-state index contributed by atoms with van der Waals surface area (Å²) in [5, 5.41) is 0. The third-order valence-electron chi connectivity index (χ3n) is 3.19. The van der Waals surface area contributed by atoms with Gasteiger partial charge in [0.1, 0.15) is 0 Å². The van der Waals surface area contributed by atoms with Crippen LogP contribution in [0.4, 0.5) is 0 Å². The van der Waals surface area contributed by atoms with Crippen LogP contribution in [0.25, 0.3) is 0 Å². The standard InChI is InChI=1S/C14H19N/c1-2-12-5-3-6-14(11-12)13-7-4-9-15-10-8-13/h3,5-6,10-11,13H,2,4,7-9H2,1H3. The Kier molecular flexibility index (Phi) is 3.54. The van der Waals surface area contributed by atoms with Crippen LogP contribution in [-0.2, 0) is 6.42 Å². The van der Waals surface area contributed by atoms with Gasteiger partial charge >= 0.3 is 0 Å². The Balaban J connectivity index is 2.16. The van der Waals surface area contributed by atoms with Crippen LogP contribution in [0.15, 0.2) is 29.3 Å². The van der Waals surface area contributed by atoms with Crippen molar-refractivity contribution < 1.29 is 0 Å². The van der Waals surface area contributed by atoms with Crippen molar-refractivity contribution in [2.75, 3.05) is 6.54 Å². The topological polar surface area (TPSA) is 12.4 Å². The molecule has 0 bridgehead atoms. The zero-order valence-electron chi connectivity index (χ0n) is 9.45. The van der Waals surface area contributed by atoms with E-state index < -0.39 is 0 Å². The molecule has 1 aliphatic rings. The van der Waals surface area contributed by atoms with E-state index in [0.29, 0.717) is 5.92 Å². The summed E-state index contributed by atoms with van der Waals surface area (Å²) in [6.07, 6.45) is 6.88. The maximum Gasteiger partial charge on any atom is 0.0385 e. The van der Waals surface area contributed by atoms with Gasteiger partial charge in [-0.15, -0.1) is 0 Å². The van der Waals surface area contributed by atoms with Crippen LogP contribution in [0.2, 0.25) is 0 Å². The molecule has 1 aromatic carbocycles. The highest BCUT2D eigenvalue weighted by molar-refractivity contribution is 5.59. The highest BCUT2D eigenvalue weighted by Gasteiger charge is 2.12. The van der Waals surface area contributed by atoms with Crippen LogP contribution in [0.3, 0.4) is 0 Å². The number of rotatable bonds is 2. The van der Waals surface area contributed by atoms with Crippen molar-refractivity contribution >= 4 is 6.21 Å². The number of aliphatic imine (C=N–C) groups is 1. The number of benzene rings is 1. The molecule has 1 atom stereocenters. The minimum Gasteiger partial charge on any atom is -0.298 e. The molecule has 2 rings (SSSR count). The second-order valence-electron chi connectivity index (χ2n) is 4.26. The lowest BCUT2D eigenvalue weighted by atomic mass is 9.91. The van der Waals surface area contributed by atoms with Gasteiger partial charge in [0.2, 0.25) is 0 Å². The second-order valence-corrected chi connectivity index (χ2v) is 4.26. The fourth-order valence-corrected chi connectivity index (χ4v) is 2.21. The molecule has 0 saturated carbocycles. The van der Waals surface area contributed by atoms with E-state index >= 15 is 0 Å². The van der Waals surface area contributed by atoms with Crippen molar-refractivity contribution in [3.05, 3.63) is 35.4 Å². The van der Waals surface area contributed by atoms with Crippen LogP contribution < -0.4 is 0 Å². The predicted molar refractivity (Wildman–Crippen MR) is 65.8 cm³/mol. The minimum absolute atomic E-state index is 0.697. The summed E-state index contributed by atoms with van der Waals surface area (Å²) in [5.74, 6) is 0.697. The minimum atomic E-state index is 0.697. The van der Waals surface area contributed by atoms with Gasteiger partial charge in [-0.3, -0.25) is 4.99 Å². The van der Waals surface area contributed by atoms with E-state index in [9.17, 15) is 0 Å². The highest BCUT2D eigenvalue weighted by atomic mass is 14.7. The lowest BCUT2D eigenvalue weighted by Crippen LogP contribution is -1.99. The summed E-state index contributed by atoms with van der Waals surface area (Å²) < 4.78 is 0. The van der Waals surface area contributed by atoms with Crippen molar-refractivity contribution in [1.82, 2.24) is 0 Å². The number of hydrogen-bond acceptors (Lipinski definition) is 1. The molecule has 0 amide bonds. The van der Waals surface area contributed by atoms with Crippen LogP contribution in [0, 0.1) is 0 Å². The fourth-order valence-electron chi connectivity index (χ4n) is 2.21. The van der Waals surface area contributed by atoms with Gasteiger partial charge in [-0.1, -0.05) is 31.2 Å². The molecule has 1 heteroatoms. The molecular weight excluding hydrogens is 182 g/mol. The van der Waals surface area contributed by atoms with Crippen molar-refractivity contribution in [3.8, 4) is 0 Å². The molecule has 1 aliphatic heterocycles. The average Bonchev–Trinajstić information content (AvgIpc) is 2.58. The van der Waals surface area contributed by atoms with Gasteiger partial charge in [0.25, 0.3) is 0 Å². The molecule has 0 saturated heterocycles. The first-order valence-corrected chi connectivity index (χ1v) is 5.97. The van der Waals surface area contributed by atoms with Gasteiger partial charge in [0.05, 0.1) is 0 Å². The van der Waals surface area contributed by atoms with Gasteiger partial charge in [-0.05, 0) is 48.9 Å². The first-order valence-electron chi connectivity index (χ1n) is 5.97. The van der Waals surface area contributed by atoms with Gasteiger partial charge in [0.15, 0.2) is 0 Å². The second kappa shape index (κ2) is 5.11. The van der Waals surface area contributed by atoms with E-state index in [1.165, 1.54) is 24.0 Å². The third kappa shape index (κ3) is 2.68. The molecule has 0 N–H and O–H groups in total. The molecule has 0 aliphatic carbocycles. The van der Waals surface area contributed by atoms with E-state index in [4.69, 9.17) is 0 Å². The van der Waals surface area contributed by atoms with Gasteiger partial charge in [-0.2, -0.15) is 0 Å². The molecule has 15 heavy (non-hydrogen) atoms. The number of aryl methyl sites for hydroxylation is 1. The van der Waals surface area contributed by atoms with Crippen LogP contribution in [-0.4, -0.2) is 12.8 Å². The van der Waals surface area contributed by atoms with Crippen LogP contribution in [0.1, 0.15) is 43.2 Å². The van der Waals surface area contributed by atoms with E-state index in [2.05, 4.69) is 42.4 Å². The summed E-state index contributed by atoms with van der Waals surface area (Å²) in [6, 6.07) is 9.04. The molecule has 1 heterocycles. The molecule has 80 valence electrons. The van der Waals surface area contributed by atoms with Crippen molar-refractivity contribution in [3.63, 3.8) is 0 Å². The van der Waals surface area contributed by atoms with E-state index in [0.717, 1.165) is 19.4 Å². The molecule has 1 nitrogen and oxygen atoms in total. The summed E-state index contributed by atoms with van der Waals surface area (Å²) in [4.78, 5) is 4.36. The molecular formula is C14H19N. The summed E-state index contributed by atoms with van der Waals surface area (Å²) in [6.45, 7) is 3.23. The summed E-state index contributed by atoms with van der Waals surface area (Å²) in [7, 11) is 0. The quantitative estimate of drug-likeness (QED) is 0.693. The first-order chi connectivity index (χ1) is 7.40. The first kappa shape index (κ1) is 10.4. The number of nitrogens with zero attached hydrogens (tertiary/aromatic N) is 1. The van der Waals surface area contributed by atoms with E-state index in [1.54, 1.807) is 0 Å².